The third-order valence-corrected chi connectivity index (χ3v) is 5.78. The van der Waals surface area contributed by atoms with Crippen molar-refractivity contribution in [2.75, 3.05) is 13.1 Å². The minimum absolute atomic E-state index is 0.607. The normalized spacial score (nSPS) is 20.0. The molecule has 1 aliphatic heterocycles. The molecule has 0 saturated carbocycles. The molecule has 0 aromatic heterocycles. The standard InChI is InChI=1S/C25H36N2/c1-5-12-20(4)27-18-22(7-3)25(19-27)24-15-14-21(6-2)23(17-24)13-10-8-9-11-16-26/h8-11,14-17,22,25-26H,4-7,12-13,18-19H2,1-3H3/b10-8+,11-9-,26-16?. The summed E-state index contributed by atoms with van der Waals surface area (Å²) < 4.78 is 0. The Morgan fingerprint density at radius 3 is 2.63 bits per heavy atom. The number of benzene rings is 1. The fraction of sp³-hybridized carbons (Fsp3) is 0.480. The average molecular weight is 365 g/mol. The Morgan fingerprint density at radius 1 is 1.15 bits per heavy atom. The molecule has 1 aliphatic rings. The summed E-state index contributed by atoms with van der Waals surface area (Å²) >= 11 is 0. The molecule has 2 heteroatoms. The van der Waals surface area contributed by atoms with Crippen LogP contribution in [0.3, 0.4) is 0 Å². The summed E-state index contributed by atoms with van der Waals surface area (Å²) in [4.78, 5) is 2.53. The molecule has 1 saturated heterocycles. The molecule has 2 unspecified atom stereocenters. The van der Waals surface area contributed by atoms with E-state index in [-0.39, 0.29) is 0 Å². The molecule has 2 atom stereocenters. The number of hydrogen-bond acceptors (Lipinski definition) is 2. The van der Waals surface area contributed by atoms with Gasteiger partial charge in [-0.15, -0.1) is 0 Å². The lowest BCUT2D eigenvalue weighted by atomic mass is 9.85. The quantitative estimate of drug-likeness (QED) is 0.383. The molecule has 1 aromatic rings. The van der Waals surface area contributed by atoms with Crippen LogP contribution >= 0.6 is 0 Å². The van der Waals surface area contributed by atoms with E-state index in [9.17, 15) is 0 Å². The van der Waals surface area contributed by atoms with Crippen molar-refractivity contribution in [1.82, 2.24) is 4.90 Å². The van der Waals surface area contributed by atoms with Crippen molar-refractivity contribution in [1.29, 1.82) is 5.41 Å². The first-order valence-electron chi connectivity index (χ1n) is 10.5. The highest BCUT2D eigenvalue weighted by atomic mass is 15.2. The second kappa shape index (κ2) is 10.9. The Kier molecular flexibility index (Phi) is 8.57. The number of likely N-dealkylation sites (tertiary alicyclic amines) is 1. The van der Waals surface area contributed by atoms with Crippen LogP contribution in [-0.2, 0) is 12.8 Å². The zero-order chi connectivity index (χ0) is 19.6. The highest BCUT2D eigenvalue weighted by Crippen LogP contribution is 2.37. The second-order valence-electron chi connectivity index (χ2n) is 7.56. The molecule has 0 amide bonds. The van der Waals surface area contributed by atoms with Crippen LogP contribution in [0.25, 0.3) is 0 Å². The molecular weight excluding hydrogens is 328 g/mol. The number of nitrogens with one attached hydrogen (secondary N) is 1. The van der Waals surface area contributed by atoms with Gasteiger partial charge in [0.1, 0.15) is 0 Å². The molecule has 146 valence electrons. The maximum atomic E-state index is 7.04. The first-order valence-corrected chi connectivity index (χ1v) is 10.5. The van der Waals surface area contributed by atoms with Crippen molar-refractivity contribution >= 4 is 6.21 Å². The topological polar surface area (TPSA) is 27.1 Å². The Hall–Kier alpha value is -2.09. The lowest BCUT2D eigenvalue weighted by molar-refractivity contribution is 0.386. The van der Waals surface area contributed by atoms with Gasteiger partial charge >= 0.3 is 0 Å². The van der Waals surface area contributed by atoms with Crippen molar-refractivity contribution in [3.8, 4) is 0 Å². The van der Waals surface area contributed by atoms with E-state index in [1.165, 1.54) is 41.4 Å². The maximum Gasteiger partial charge on any atom is 0.0247 e. The molecule has 1 N–H and O–H groups in total. The van der Waals surface area contributed by atoms with Gasteiger partial charge in [0.2, 0.25) is 0 Å². The van der Waals surface area contributed by atoms with Gasteiger partial charge in [-0.1, -0.05) is 76.6 Å². The largest absolute Gasteiger partial charge is 0.374 e. The third kappa shape index (κ3) is 5.69. The number of rotatable bonds is 10. The van der Waals surface area contributed by atoms with Gasteiger partial charge in [-0.25, -0.2) is 0 Å². The van der Waals surface area contributed by atoms with Crippen molar-refractivity contribution in [2.24, 2.45) is 5.92 Å². The lowest BCUT2D eigenvalue weighted by Crippen LogP contribution is -2.19. The number of hydrogen-bond donors (Lipinski definition) is 1. The van der Waals surface area contributed by atoms with Crippen LogP contribution in [0.4, 0.5) is 0 Å². The third-order valence-electron chi connectivity index (χ3n) is 5.78. The van der Waals surface area contributed by atoms with Crippen LogP contribution in [-0.4, -0.2) is 24.2 Å². The Morgan fingerprint density at radius 2 is 1.96 bits per heavy atom. The van der Waals surface area contributed by atoms with E-state index in [0.717, 1.165) is 32.4 Å². The Labute approximate surface area is 166 Å². The molecule has 2 nitrogen and oxygen atoms in total. The molecule has 2 rings (SSSR count). The fourth-order valence-electron chi connectivity index (χ4n) is 4.17. The lowest BCUT2D eigenvalue weighted by Gasteiger charge is -2.21. The molecule has 0 bridgehead atoms. The van der Waals surface area contributed by atoms with Gasteiger partial charge in [-0.2, -0.15) is 0 Å². The highest BCUT2D eigenvalue weighted by Gasteiger charge is 2.33. The highest BCUT2D eigenvalue weighted by molar-refractivity contribution is 5.68. The minimum atomic E-state index is 0.607. The Bertz CT molecular complexity index is 684. The van der Waals surface area contributed by atoms with E-state index in [1.54, 1.807) is 6.08 Å². The molecular formula is C25H36N2. The predicted molar refractivity (Wildman–Crippen MR) is 119 cm³/mol. The number of nitrogens with zero attached hydrogens (tertiary/aromatic N) is 1. The molecule has 0 aliphatic carbocycles. The Balaban J connectivity index is 2.20. The van der Waals surface area contributed by atoms with Gasteiger partial charge in [0, 0.05) is 30.9 Å². The van der Waals surface area contributed by atoms with E-state index in [1.807, 2.05) is 12.2 Å². The molecule has 1 heterocycles. The van der Waals surface area contributed by atoms with E-state index < -0.39 is 0 Å². The summed E-state index contributed by atoms with van der Waals surface area (Å²) in [7, 11) is 0. The fourth-order valence-corrected chi connectivity index (χ4v) is 4.17. The van der Waals surface area contributed by atoms with Crippen LogP contribution in [0, 0.1) is 11.3 Å². The van der Waals surface area contributed by atoms with Gasteiger partial charge in [0.05, 0.1) is 0 Å². The molecule has 1 fully saturated rings. The van der Waals surface area contributed by atoms with E-state index in [4.69, 9.17) is 5.41 Å². The van der Waals surface area contributed by atoms with Crippen molar-refractivity contribution < 1.29 is 0 Å². The summed E-state index contributed by atoms with van der Waals surface area (Å²) in [5.41, 5.74) is 5.68. The van der Waals surface area contributed by atoms with Crippen LogP contribution in [0.15, 0.2) is 54.8 Å². The summed E-state index contributed by atoms with van der Waals surface area (Å²) in [6, 6.07) is 7.14. The van der Waals surface area contributed by atoms with E-state index >= 15 is 0 Å². The molecule has 1 aromatic carbocycles. The molecule has 27 heavy (non-hydrogen) atoms. The van der Waals surface area contributed by atoms with Crippen molar-refractivity contribution in [3.63, 3.8) is 0 Å². The van der Waals surface area contributed by atoms with Crippen molar-refractivity contribution in [2.45, 2.75) is 58.8 Å². The molecule has 0 radical (unpaired) electrons. The number of allylic oxidation sites excluding steroid dienone is 5. The van der Waals surface area contributed by atoms with Crippen molar-refractivity contribution in [3.05, 3.63) is 71.5 Å². The first kappa shape index (κ1) is 21.2. The van der Waals surface area contributed by atoms with Gasteiger partial charge in [0.15, 0.2) is 0 Å². The van der Waals surface area contributed by atoms with E-state index in [2.05, 4.69) is 56.5 Å². The monoisotopic (exact) mass is 364 g/mol. The number of aryl methyl sites for hydroxylation is 1. The van der Waals surface area contributed by atoms with Gasteiger partial charge in [0.25, 0.3) is 0 Å². The van der Waals surface area contributed by atoms with Crippen LogP contribution in [0.2, 0.25) is 0 Å². The summed E-state index contributed by atoms with van der Waals surface area (Å²) in [6.07, 6.45) is 14.7. The average Bonchev–Trinajstić information content (AvgIpc) is 3.12. The zero-order valence-electron chi connectivity index (χ0n) is 17.4. The van der Waals surface area contributed by atoms with Crippen LogP contribution in [0.1, 0.15) is 62.6 Å². The summed E-state index contributed by atoms with van der Waals surface area (Å²) in [6.45, 7) is 13.4. The second-order valence-corrected chi connectivity index (χ2v) is 7.56. The van der Waals surface area contributed by atoms with Gasteiger partial charge in [-0.3, -0.25) is 0 Å². The molecule has 0 spiro atoms. The van der Waals surface area contributed by atoms with Gasteiger partial charge in [-0.05, 0) is 47.9 Å². The summed E-state index contributed by atoms with van der Waals surface area (Å²) in [5, 5.41) is 7.04. The first-order chi connectivity index (χ1) is 13.1. The van der Waals surface area contributed by atoms with Crippen LogP contribution < -0.4 is 0 Å². The van der Waals surface area contributed by atoms with E-state index in [0.29, 0.717) is 11.8 Å². The zero-order valence-corrected chi connectivity index (χ0v) is 17.4. The van der Waals surface area contributed by atoms with Crippen LogP contribution in [0.5, 0.6) is 0 Å². The smallest absolute Gasteiger partial charge is 0.0247 e. The maximum absolute atomic E-state index is 7.04. The summed E-state index contributed by atoms with van der Waals surface area (Å²) in [5.74, 6) is 1.32. The SMILES string of the molecule is C=C(CCC)N1CC(CC)C(c2ccc(CC)c(C/C=C/C=C\C=N)c2)C1. The predicted octanol–water partition coefficient (Wildman–Crippen LogP) is 6.29. The minimum Gasteiger partial charge on any atom is -0.374 e. The van der Waals surface area contributed by atoms with Gasteiger partial charge < -0.3 is 10.3 Å².